The van der Waals surface area contributed by atoms with Crippen LogP contribution in [0.4, 0.5) is 5.69 Å². The number of ketones is 1. The molecule has 0 spiro atoms. The smallest absolute Gasteiger partial charge is 0.162 e. The van der Waals surface area contributed by atoms with Crippen LogP contribution in [0.3, 0.4) is 0 Å². The minimum atomic E-state index is -0.0599. The van der Waals surface area contributed by atoms with E-state index in [1.54, 1.807) is 23.9 Å². The molecule has 0 saturated heterocycles. The summed E-state index contributed by atoms with van der Waals surface area (Å²) >= 11 is 1.70. The first kappa shape index (κ1) is 16.3. The lowest BCUT2D eigenvalue weighted by Crippen LogP contribution is -2.29. The number of allylic oxidation sites excluding steroid dienone is 1. The van der Waals surface area contributed by atoms with Gasteiger partial charge in [-0.05, 0) is 41.7 Å². The molecular weight excluding hydrogens is 330 g/mol. The summed E-state index contributed by atoms with van der Waals surface area (Å²) in [6.45, 7) is 4.30. The van der Waals surface area contributed by atoms with Gasteiger partial charge in [0.2, 0.25) is 0 Å². The van der Waals surface area contributed by atoms with Crippen LogP contribution in [0.25, 0.3) is 0 Å². The number of Topliss-reactive ketones (excluding diaryl/α,β-unsaturated/α-hetero) is 1. The number of hydrogen-bond acceptors (Lipinski definition) is 4. The zero-order valence-electron chi connectivity index (χ0n) is 14.4. The van der Waals surface area contributed by atoms with Gasteiger partial charge in [0, 0.05) is 22.6 Å². The third-order valence-electron chi connectivity index (χ3n) is 4.80. The Morgan fingerprint density at radius 3 is 2.56 bits per heavy atom. The van der Waals surface area contributed by atoms with Crippen molar-refractivity contribution in [2.24, 2.45) is 5.41 Å². The van der Waals surface area contributed by atoms with E-state index in [1.807, 2.05) is 24.3 Å². The first-order chi connectivity index (χ1) is 11.9. The Labute approximate surface area is 152 Å². The average Bonchev–Trinajstić information content (AvgIpc) is 2.70. The fourth-order valence-corrected chi connectivity index (χ4v) is 5.00. The Balaban J connectivity index is 1.88. The highest BCUT2D eigenvalue weighted by molar-refractivity contribution is 8.00. The fourth-order valence-electron chi connectivity index (χ4n) is 3.66. The zero-order chi connectivity index (χ0) is 17.6. The molecule has 25 heavy (non-hydrogen) atoms. The lowest BCUT2D eigenvalue weighted by molar-refractivity contribution is -0.118. The van der Waals surface area contributed by atoms with Gasteiger partial charge in [0.05, 0.1) is 10.9 Å². The molecule has 2 aromatic carbocycles. The van der Waals surface area contributed by atoms with Crippen molar-refractivity contribution in [3.05, 3.63) is 65.4 Å². The number of anilines is 1. The summed E-state index contributed by atoms with van der Waals surface area (Å²) < 4.78 is 0. The number of carbonyl (C=O) groups is 1. The second-order valence-electron chi connectivity index (χ2n) is 7.54. The van der Waals surface area contributed by atoms with Crippen molar-refractivity contribution in [1.29, 1.82) is 0 Å². The summed E-state index contributed by atoms with van der Waals surface area (Å²) in [5.41, 5.74) is 3.99. The van der Waals surface area contributed by atoms with Gasteiger partial charge in [-0.2, -0.15) is 0 Å². The molecule has 2 aliphatic rings. The van der Waals surface area contributed by atoms with Gasteiger partial charge in [-0.3, -0.25) is 4.79 Å². The molecule has 1 atom stereocenters. The number of carbonyl (C=O) groups excluding carboxylic acids is 1. The second kappa shape index (κ2) is 5.95. The van der Waals surface area contributed by atoms with Crippen LogP contribution in [-0.4, -0.2) is 10.9 Å². The van der Waals surface area contributed by atoms with Crippen molar-refractivity contribution in [2.45, 2.75) is 36.8 Å². The van der Waals surface area contributed by atoms with E-state index < -0.39 is 0 Å². The molecule has 2 N–H and O–H groups in total. The number of benzene rings is 2. The van der Waals surface area contributed by atoms with E-state index in [2.05, 4.69) is 31.3 Å². The minimum absolute atomic E-state index is 0.0353. The Hall–Kier alpha value is -2.20. The van der Waals surface area contributed by atoms with Gasteiger partial charge in [0.1, 0.15) is 5.75 Å². The van der Waals surface area contributed by atoms with Crippen molar-refractivity contribution >= 4 is 23.2 Å². The van der Waals surface area contributed by atoms with Gasteiger partial charge in [0.15, 0.2) is 5.78 Å². The molecule has 0 amide bonds. The van der Waals surface area contributed by atoms with Crippen LogP contribution in [0.15, 0.2) is 64.7 Å². The lowest BCUT2D eigenvalue weighted by Gasteiger charge is -2.33. The Morgan fingerprint density at radius 2 is 1.80 bits per heavy atom. The Bertz CT molecular complexity index is 868. The summed E-state index contributed by atoms with van der Waals surface area (Å²) in [4.78, 5) is 14.2. The number of thioether (sulfide) groups is 1. The van der Waals surface area contributed by atoms with E-state index in [4.69, 9.17) is 0 Å². The Kier molecular flexibility index (Phi) is 3.88. The van der Waals surface area contributed by atoms with E-state index in [1.165, 1.54) is 0 Å². The summed E-state index contributed by atoms with van der Waals surface area (Å²) in [5, 5.41) is 13.1. The molecule has 4 rings (SSSR count). The van der Waals surface area contributed by atoms with Crippen LogP contribution in [0.5, 0.6) is 5.75 Å². The van der Waals surface area contributed by atoms with Crippen LogP contribution in [0.1, 0.15) is 37.5 Å². The van der Waals surface area contributed by atoms with Gasteiger partial charge in [-0.15, -0.1) is 11.8 Å². The van der Waals surface area contributed by atoms with Gasteiger partial charge >= 0.3 is 0 Å². The normalized spacial score (nSPS) is 21.8. The molecule has 0 aromatic heterocycles. The number of phenols is 1. The predicted molar refractivity (Wildman–Crippen MR) is 102 cm³/mol. The van der Waals surface area contributed by atoms with E-state index in [0.29, 0.717) is 6.42 Å². The monoisotopic (exact) mass is 351 g/mol. The van der Waals surface area contributed by atoms with Crippen LogP contribution in [0, 0.1) is 5.41 Å². The van der Waals surface area contributed by atoms with Crippen molar-refractivity contribution in [3.63, 3.8) is 0 Å². The second-order valence-corrected chi connectivity index (χ2v) is 8.69. The van der Waals surface area contributed by atoms with E-state index >= 15 is 0 Å². The average molecular weight is 351 g/mol. The quantitative estimate of drug-likeness (QED) is 0.732. The maximum absolute atomic E-state index is 13.0. The summed E-state index contributed by atoms with van der Waals surface area (Å²) in [7, 11) is 0. The maximum atomic E-state index is 13.0. The van der Waals surface area contributed by atoms with Gasteiger partial charge < -0.3 is 10.4 Å². The van der Waals surface area contributed by atoms with Gasteiger partial charge in [-0.1, -0.05) is 38.1 Å². The van der Waals surface area contributed by atoms with Gasteiger partial charge in [-0.25, -0.2) is 0 Å². The third kappa shape index (κ3) is 3.07. The molecular formula is C21H21NO2S. The number of nitrogens with one attached hydrogen (secondary N) is 1. The van der Waals surface area contributed by atoms with E-state index in [9.17, 15) is 9.90 Å². The van der Waals surface area contributed by atoms with Crippen molar-refractivity contribution < 1.29 is 9.90 Å². The van der Waals surface area contributed by atoms with Crippen LogP contribution >= 0.6 is 11.8 Å². The number of phenolic OH excluding ortho intramolecular Hbond substituents is 1. The topological polar surface area (TPSA) is 49.3 Å². The maximum Gasteiger partial charge on any atom is 0.162 e. The zero-order valence-corrected chi connectivity index (χ0v) is 15.2. The number of para-hydroxylation sites is 1. The summed E-state index contributed by atoms with van der Waals surface area (Å²) in [6, 6.07) is 15.4. The van der Waals surface area contributed by atoms with E-state index in [-0.39, 0.29) is 22.2 Å². The minimum Gasteiger partial charge on any atom is -0.508 e. The van der Waals surface area contributed by atoms with Crippen LogP contribution in [0.2, 0.25) is 0 Å². The molecule has 1 unspecified atom stereocenters. The van der Waals surface area contributed by atoms with Gasteiger partial charge in [0.25, 0.3) is 0 Å². The lowest BCUT2D eigenvalue weighted by atomic mass is 9.74. The highest BCUT2D eigenvalue weighted by Gasteiger charge is 2.39. The molecule has 1 heterocycles. The summed E-state index contributed by atoms with van der Waals surface area (Å²) in [6.07, 6.45) is 1.43. The first-order valence-corrected chi connectivity index (χ1v) is 9.39. The number of fused-ring (bicyclic) bond motifs is 1. The highest BCUT2D eigenvalue weighted by atomic mass is 32.2. The summed E-state index contributed by atoms with van der Waals surface area (Å²) in [5.74, 6) is 0.461. The molecule has 4 heteroatoms. The SMILES string of the molecule is CC1(C)CC(=O)C2=C(C1)Nc1ccccc1SC2c1ccc(O)cc1. The predicted octanol–water partition coefficient (Wildman–Crippen LogP) is 5.29. The molecule has 3 nitrogen and oxygen atoms in total. The largest absolute Gasteiger partial charge is 0.508 e. The van der Waals surface area contributed by atoms with Crippen LogP contribution in [-0.2, 0) is 4.79 Å². The fraction of sp³-hybridized carbons (Fsp3) is 0.286. The van der Waals surface area contributed by atoms with E-state index in [0.717, 1.165) is 33.8 Å². The first-order valence-electron chi connectivity index (χ1n) is 8.51. The number of hydrogen-bond donors (Lipinski definition) is 2. The Morgan fingerprint density at radius 1 is 1.08 bits per heavy atom. The number of aromatic hydroxyl groups is 1. The highest BCUT2D eigenvalue weighted by Crippen LogP contribution is 2.51. The molecule has 0 saturated carbocycles. The van der Waals surface area contributed by atoms with Crippen LogP contribution < -0.4 is 5.32 Å². The number of rotatable bonds is 1. The molecule has 2 aromatic rings. The molecule has 1 aliphatic heterocycles. The van der Waals surface area contributed by atoms with Crippen molar-refractivity contribution in [1.82, 2.24) is 0 Å². The van der Waals surface area contributed by atoms with Crippen molar-refractivity contribution in [3.8, 4) is 5.75 Å². The standard InChI is InChI=1S/C21H21NO2S/c1-21(2)11-16-19(17(24)12-21)20(13-7-9-14(23)10-8-13)25-18-6-4-3-5-15(18)22-16/h3-10,20,22-23H,11-12H2,1-2H3. The molecule has 1 aliphatic carbocycles. The molecule has 0 fully saturated rings. The third-order valence-corrected chi connectivity index (χ3v) is 6.15. The molecule has 0 bridgehead atoms. The molecule has 128 valence electrons. The molecule has 0 radical (unpaired) electrons. The van der Waals surface area contributed by atoms with Crippen molar-refractivity contribution in [2.75, 3.05) is 5.32 Å².